The summed E-state index contributed by atoms with van der Waals surface area (Å²) in [6.07, 6.45) is 1.65. The van der Waals surface area contributed by atoms with Crippen molar-refractivity contribution >= 4 is 35.0 Å². The van der Waals surface area contributed by atoms with Crippen molar-refractivity contribution in [1.29, 1.82) is 0 Å². The van der Waals surface area contributed by atoms with Crippen LogP contribution < -0.4 is 10.2 Å². The molecule has 3 heterocycles. The number of hydrogen-bond acceptors (Lipinski definition) is 8. The Balaban J connectivity index is 1.08. The molecule has 1 N–H and O–H groups in total. The summed E-state index contributed by atoms with van der Waals surface area (Å²) in [5.74, 6) is 0.366. The number of amides is 2. The number of nitrogens with zero attached hydrogens (tertiary/aromatic N) is 5. The van der Waals surface area contributed by atoms with E-state index in [0.717, 1.165) is 29.9 Å². The standard InChI is InChI=1S/C27H26N6O3S/c1-19-5-7-20(8-6-19)26(35)33-16-14-32(15-17-33)22-11-9-21(10-12-22)29-24(34)18-37-27-31-30-25(36-27)23-4-2-3-13-28-23/h2-13H,14-18H2,1H3,(H,29,34). The van der Waals surface area contributed by atoms with Gasteiger partial charge in [-0.1, -0.05) is 35.5 Å². The maximum atomic E-state index is 12.8. The molecule has 10 heteroatoms. The molecule has 2 aromatic carbocycles. The number of benzene rings is 2. The SMILES string of the molecule is Cc1ccc(C(=O)N2CCN(c3ccc(NC(=O)CSc4nnc(-c5ccccn5)o4)cc3)CC2)cc1. The van der Waals surface area contributed by atoms with Crippen LogP contribution >= 0.6 is 11.8 Å². The van der Waals surface area contributed by atoms with E-state index < -0.39 is 0 Å². The van der Waals surface area contributed by atoms with Crippen LogP contribution in [0.5, 0.6) is 0 Å². The Morgan fingerprint density at radius 3 is 2.41 bits per heavy atom. The van der Waals surface area contributed by atoms with Gasteiger partial charge in [0.1, 0.15) is 5.69 Å². The van der Waals surface area contributed by atoms with Crippen LogP contribution in [0.3, 0.4) is 0 Å². The molecule has 1 aliphatic rings. The second kappa shape index (κ2) is 11.3. The van der Waals surface area contributed by atoms with Gasteiger partial charge in [0.05, 0.1) is 5.75 Å². The van der Waals surface area contributed by atoms with E-state index in [-0.39, 0.29) is 17.6 Å². The van der Waals surface area contributed by atoms with E-state index in [0.29, 0.717) is 35.6 Å². The number of anilines is 2. The van der Waals surface area contributed by atoms with Crippen molar-refractivity contribution in [2.24, 2.45) is 0 Å². The Labute approximate surface area is 218 Å². The Morgan fingerprint density at radius 1 is 0.946 bits per heavy atom. The van der Waals surface area contributed by atoms with E-state index in [1.54, 1.807) is 12.3 Å². The third kappa shape index (κ3) is 6.15. The molecule has 5 rings (SSSR count). The van der Waals surface area contributed by atoms with Gasteiger partial charge in [-0.3, -0.25) is 14.6 Å². The second-order valence-corrected chi connectivity index (χ2v) is 9.54. The molecule has 0 atom stereocenters. The van der Waals surface area contributed by atoms with E-state index in [1.165, 1.54) is 11.8 Å². The van der Waals surface area contributed by atoms with Crippen LogP contribution in [0.4, 0.5) is 11.4 Å². The highest BCUT2D eigenvalue weighted by Gasteiger charge is 2.22. The average molecular weight is 515 g/mol. The normalized spacial score (nSPS) is 13.4. The van der Waals surface area contributed by atoms with Gasteiger partial charge in [0.25, 0.3) is 17.0 Å². The number of piperazine rings is 1. The summed E-state index contributed by atoms with van der Waals surface area (Å²) in [6, 6.07) is 20.9. The number of nitrogens with one attached hydrogen (secondary N) is 1. The number of carbonyl (C=O) groups excluding carboxylic acids is 2. The lowest BCUT2D eigenvalue weighted by Crippen LogP contribution is -2.48. The molecular weight excluding hydrogens is 488 g/mol. The first-order valence-corrected chi connectivity index (χ1v) is 12.9. The van der Waals surface area contributed by atoms with Crippen molar-refractivity contribution in [2.75, 3.05) is 42.1 Å². The summed E-state index contributed by atoms with van der Waals surface area (Å²) >= 11 is 1.17. The Kier molecular flexibility index (Phi) is 7.46. The highest BCUT2D eigenvalue weighted by atomic mass is 32.2. The maximum absolute atomic E-state index is 12.8. The molecule has 0 aliphatic carbocycles. The quantitative estimate of drug-likeness (QED) is 0.367. The molecule has 0 bridgehead atoms. The zero-order valence-corrected chi connectivity index (χ0v) is 21.1. The minimum absolute atomic E-state index is 0.0732. The van der Waals surface area contributed by atoms with Crippen LogP contribution in [-0.2, 0) is 4.79 Å². The molecule has 0 spiro atoms. The molecule has 1 fully saturated rings. The van der Waals surface area contributed by atoms with E-state index in [1.807, 2.05) is 72.5 Å². The summed E-state index contributed by atoms with van der Waals surface area (Å²) in [4.78, 5) is 33.5. The molecule has 188 valence electrons. The molecule has 0 unspecified atom stereocenters. The first kappa shape index (κ1) is 24.5. The van der Waals surface area contributed by atoms with Gasteiger partial charge >= 0.3 is 0 Å². The number of rotatable bonds is 7. The number of thioether (sulfide) groups is 1. The largest absolute Gasteiger partial charge is 0.410 e. The molecule has 37 heavy (non-hydrogen) atoms. The molecule has 1 saturated heterocycles. The van der Waals surface area contributed by atoms with Gasteiger partial charge in [-0.05, 0) is 55.5 Å². The molecule has 0 saturated carbocycles. The lowest BCUT2D eigenvalue weighted by Gasteiger charge is -2.36. The minimum Gasteiger partial charge on any atom is -0.410 e. The van der Waals surface area contributed by atoms with Crippen molar-refractivity contribution in [3.05, 3.63) is 84.1 Å². The van der Waals surface area contributed by atoms with Crippen LogP contribution in [0.1, 0.15) is 15.9 Å². The fraction of sp³-hybridized carbons (Fsp3) is 0.222. The number of aromatic nitrogens is 3. The Bertz CT molecular complexity index is 1350. The van der Waals surface area contributed by atoms with E-state index in [9.17, 15) is 9.59 Å². The highest BCUT2D eigenvalue weighted by molar-refractivity contribution is 7.99. The van der Waals surface area contributed by atoms with Crippen LogP contribution in [0, 0.1) is 6.92 Å². The van der Waals surface area contributed by atoms with Gasteiger partial charge in [-0.25, -0.2) is 0 Å². The molecule has 2 amide bonds. The third-order valence-electron chi connectivity index (χ3n) is 6.00. The fourth-order valence-corrected chi connectivity index (χ4v) is 4.55. The number of aryl methyl sites for hydroxylation is 1. The van der Waals surface area contributed by atoms with Crippen LogP contribution in [0.2, 0.25) is 0 Å². The predicted molar refractivity (Wildman–Crippen MR) is 143 cm³/mol. The van der Waals surface area contributed by atoms with E-state index >= 15 is 0 Å². The number of carbonyl (C=O) groups is 2. The Morgan fingerprint density at radius 2 is 1.70 bits per heavy atom. The third-order valence-corrected chi connectivity index (χ3v) is 6.82. The summed E-state index contributed by atoms with van der Waals surface area (Å²) in [7, 11) is 0. The van der Waals surface area contributed by atoms with Gasteiger partial charge in [-0.2, -0.15) is 0 Å². The zero-order chi connectivity index (χ0) is 25.6. The fourth-order valence-electron chi connectivity index (χ4n) is 3.99. The van der Waals surface area contributed by atoms with Gasteiger partial charge in [0.15, 0.2) is 0 Å². The zero-order valence-electron chi connectivity index (χ0n) is 20.3. The van der Waals surface area contributed by atoms with Crippen molar-refractivity contribution in [2.45, 2.75) is 12.1 Å². The molecular formula is C27H26N6O3S. The van der Waals surface area contributed by atoms with Gasteiger partial charge in [-0.15, -0.1) is 10.2 Å². The van der Waals surface area contributed by atoms with Crippen molar-refractivity contribution in [3.8, 4) is 11.6 Å². The first-order chi connectivity index (χ1) is 18.0. The average Bonchev–Trinajstić information content (AvgIpc) is 3.42. The topological polar surface area (TPSA) is 104 Å². The molecule has 9 nitrogen and oxygen atoms in total. The summed E-state index contributed by atoms with van der Waals surface area (Å²) in [5, 5.41) is 11.1. The van der Waals surface area contributed by atoms with Crippen molar-refractivity contribution in [3.63, 3.8) is 0 Å². The number of pyridine rings is 1. The van der Waals surface area contributed by atoms with Gasteiger partial charge < -0.3 is 19.5 Å². The second-order valence-electron chi connectivity index (χ2n) is 8.62. The van der Waals surface area contributed by atoms with Gasteiger partial charge in [0, 0.05) is 49.3 Å². The highest BCUT2D eigenvalue weighted by Crippen LogP contribution is 2.23. The van der Waals surface area contributed by atoms with E-state index in [2.05, 4.69) is 25.4 Å². The van der Waals surface area contributed by atoms with Crippen molar-refractivity contribution < 1.29 is 14.0 Å². The summed E-state index contributed by atoms with van der Waals surface area (Å²) in [5.41, 5.74) is 4.22. The van der Waals surface area contributed by atoms with Gasteiger partial charge in [0.2, 0.25) is 5.91 Å². The Hall–Kier alpha value is -4.18. The van der Waals surface area contributed by atoms with E-state index in [4.69, 9.17) is 4.42 Å². The molecule has 1 aliphatic heterocycles. The first-order valence-electron chi connectivity index (χ1n) is 11.9. The smallest absolute Gasteiger partial charge is 0.277 e. The molecule has 4 aromatic rings. The monoisotopic (exact) mass is 514 g/mol. The maximum Gasteiger partial charge on any atom is 0.277 e. The van der Waals surface area contributed by atoms with Crippen molar-refractivity contribution in [1.82, 2.24) is 20.1 Å². The minimum atomic E-state index is -0.168. The summed E-state index contributed by atoms with van der Waals surface area (Å²) in [6.45, 7) is 4.86. The van der Waals surface area contributed by atoms with Crippen LogP contribution in [0.15, 0.2) is 82.6 Å². The lowest BCUT2D eigenvalue weighted by atomic mass is 10.1. The van der Waals surface area contributed by atoms with Crippen LogP contribution in [-0.4, -0.2) is 63.8 Å². The molecule has 0 radical (unpaired) electrons. The number of hydrogen-bond donors (Lipinski definition) is 1. The summed E-state index contributed by atoms with van der Waals surface area (Å²) < 4.78 is 5.57. The molecule has 2 aromatic heterocycles. The lowest BCUT2D eigenvalue weighted by molar-refractivity contribution is -0.113. The predicted octanol–water partition coefficient (Wildman–Crippen LogP) is 4.13. The van der Waals surface area contributed by atoms with Crippen LogP contribution in [0.25, 0.3) is 11.6 Å².